The number of carbonyl (C=O) groups excluding carboxylic acids is 2. The van der Waals surface area contributed by atoms with Crippen molar-refractivity contribution >= 4 is 34.5 Å². The molecule has 0 aliphatic carbocycles. The van der Waals surface area contributed by atoms with Gasteiger partial charge in [-0.3, -0.25) is 4.79 Å². The maximum Gasteiger partial charge on any atom is 0.338 e. The zero-order chi connectivity index (χ0) is 25.1. The minimum Gasteiger partial charge on any atom is -0.463 e. The first kappa shape index (κ1) is 24.8. The SMILES string of the molecule is CCOC(=O)C1=C(c2ccccc2)N=C2SC=C(CC(=O)N(C)CC)N2[C@H]1c1cc(C)ccc1C. The smallest absolute Gasteiger partial charge is 0.338 e. The molecule has 0 saturated heterocycles. The van der Waals surface area contributed by atoms with Crippen LogP contribution in [0.1, 0.15) is 48.6 Å². The molecule has 0 aromatic heterocycles. The number of esters is 1. The van der Waals surface area contributed by atoms with Gasteiger partial charge in [0, 0.05) is 24.9 Å². The maximum absolute atomic E-state index is 13.6. The van der Waals surface area contributed by atoms with Gasteiger partial charge in [-0.15, -0.1) is 0 Å². The van der Waals surface area contributed by atoms with Gasteiger partial charge >= 0.3 is 5.97 Å². The second-order valence-corrected chi connectivity index (χ2v) is 9.52. The summed E-state index contributed by atoms with van der Waals surface area (Å²) in [5, 5.41) is 2.74. The van der Waals surface area contributed by atoms with Crippen molar-refractivity contribution in [1.29, 1.82) is 0 Å². The summed E-state index contributed by atoms with van der Waals surface area (Å²) in [5.41, 5.74) is 5.94. The van der Waals surface area contributed by atoms with Gasteiger partial charge in [0.2, 0.25) is 5.91 Å². The molecule has 2 aromatic rings. The second kappa shape index (κ2) is 10.5. The average molecular weight is 490 g/mol. The third kappa shape index (κ3) is 4.91. The van der Waals surface area contributed by atoms with Gasteiger partial charge in [-0.1, -0.05) is 65.9 Å². The molecule has 2 aromatic carbocycles. The van der Waals surface area contributed by atoms with Crippen LogP contribution < -0.4 is 0 Å². The lowest BCUT2D eigenvalue weighted by molar-refractivity contribution is -0.139. The fourth-order valence-corrected chi connectivity index (χ4v) is 5.22. The van der Waals surface area contributed by atoms with Crippen LogP contribution in [0.5, 0.6) is 0 Å². The van der Waals surface area contributed by atoms with E-state index in [0.717, 1.165) is 33.1 Å². The summed E-state index contributed by atoms with van der Waals surface area (Å²) < 4.78 is 5.58. The van der Waals surface area contributed by atoms with Crippen LogP contribution in [-0.2, 0) is 14.3 Å². The zero-order valence-electron chi connectivity index (χ0n) is 20.9. The number of thioether (sulfide) groups is 1. The summed E-state index contributed by atoms with van der Waals surface area (Å²) >= 11 is 1.49. The summed E-state index contributed by atoms with van der Waals surface area (Å²) in [5.74, 6) is -0.371. The fraction of sp³-hybridized carbons (Fsp3) is 0.321. The molecular weight excluding hydrogens is 458 g/mol. The number of amides is 1. The van der Waals surface area contributed by atoms with Crippen LogP contribution in [0.25, 0.3) is 5.70 Å². The highest BCUT2D eigenvalue weighted by atomic mass is 32.2. The van der Waals surface area contributed by atoms with Crippen molar-refractivity contribution in [3.63, 3.8) is 0 Å². The van der Waals surface area contributed by atoms with Gasteiger partial charge in [0.05, 0.1) is 30.3 Å². The molecule has 182 valence electrons. The summed E-state index contributed by atoms with van der Waals surface area (Å²) in [4.78, 5) is 35.1. The molecule has 0 N–H and O–H groups in total. The summed E-state index contributed by atoms with van der Waals surface area (Å²) in [6, 6.07) is 15.5. The number of nitrogens with zero attached hydrogens (tertiary/aromatic N) is 3. The Bertz CT molecular complexity index is 1230. The number of benzene rings is 2. The molecule has 4 rings (SSSR count). The molecule has 2 heterocycles. The number of carbonyl (C=O) groups is 2. The Morgan fingerprint density at radius 2 is 1.86 bits per heavy atom. The number of fused-ring (bicyclic) bond motifs is 1. The Kier molecular flexibility index (Phi) is 7.45. The Balaban J connectivity index is 1.93. The molecular formula is C28H31N3O3S. The van der Waals surface area contributed by atoms with E-state index in [2.05, 4.69) is 18.2 Å². The molecule has 6 nitrogen and oxygen atoms in total. The van der Waals surface area contributed by atoms with Gasteiger partial charge in [-0.25, -0.2) is 9.79 Å². The quantitative estimate of drug-likeness (QED) is 0.484. The molecule has 0 fully saturated rings. The number of amidine groups is 1. The minimum absolute atomic E-state index is 0.0239. The van der Waals surface area contributed by atoms with Crippen LogP contribution in [0.4, 0.5) is 0 Å². The van der Waals surface area contributed by atoms with E-state index in [-0.39, 0.29) is 18.9 Å². The zero-order valence-corrected chi connectivity index (χ0v) is 21.7. The Morgan fingerprint density at radius 3 is 2.54 bits per heavy atom. The van der Waals surface area contributed by atoms with Crippen molar-refractivity contribution in [2.24, 2.45) is 4.99 Å². The van der Waals surface area contributed by atoms with E-state index in [1.165, 1.54) is 11.8 Å². The van der Waals surface area contributed by atoms with Crippen molar-refractivity contribution in [3.05, 3.63) is 87.5 Å². The van der Waals surface area contributed by atoms with Gasteiger partial charge in [0.15, 0.2) is 5.17 Å². The average Bonchev–Trinajstić information content (AvgIpc) is 3.26. The highest BCUT2D eigenvalue weighted by Gasteiger charge is 2.43. The van der Waals surface area contributed by atoms with Crippen molar-refractivity contribution in [1.82, 2.24) is 9.80 Å². The van der Waals surface area contributed by atoms with E-state index < -0.39 is 12.0 Å². The second-order valence-electron chi connectivity index (χ2n) is 8.69. The standard InChI is InChI=1S/C28H31N3O3S/c1-6-30(5)23(32)16-21-17-35-28-29-25(20-11-9-8-10-12-20)24(27(33)34-7-2)26(31(21)28)22-15-18(3)13-14-19(22)4/h8-15,17,26H,6-7,16H2,1-5H3/t26-/m0/s1. The third-order valence-corrected chi connectivity index (χ3v) is 7.20. The third-order valence-electron chi connectivity index (χ3n) is 6.31. The molecule has 0 radical (unpaired) electrons. The predicted octanol–water partition coefficient (Wildman–Crippen LogP) is 5.45. The van der Waals surface area contributed by atoms with Crippen LogP contribution in [0.3, 0.4) is 0 Å². The summed E-state index contributed by atoms with van der Waals surface area (Å²) in [7, 11) is 1.80. The normalized spacial score (nSPS) is 17.1. The van der Waals surface area contributed by atoms with Crippen LogP contribution in [0.15, 0.2) is 70.2 Å². The van der Waals surface area contributed by atoms with Gasteiger partial charge in [-0.05, 0) is 44.2 Å². The molecule has 1 atom stereocenters. The lowest BCUT2D eigenvalue weighted by Gasteiger charge is -2.37. The first-order valence-corrected chi connectivity index (χ1v) is 12.7. The Labute approximate surface area is 211 Å². The molecule has 2 aliphatic rings. The molecule has 35 heavy (non-hydrogen) atoms. The van der Waals surface area contributed by atoms with Crippen LogP contribution in [0, 0.1) is 13.8 Å². The Morgan fingerprint density at radius 1 is 1.11 bits per heavy atom. The number of aliphatic imine (C=N–C) groups is 1. The van der Waals surface area contributed by atoms with Crippen molar-refractivity contribution in [2.75, 3.05) is 20.2 Å². The number of aryl methyl sites for hydroxylation is 2. The molecule has 7 heteroatoms. The largest absolute Gasteiger partial charge is 0.463 e. The van der Waals surface area contributed by atoms with Gasteiger partial charge in [-0.2, -0.15) is 0 Å². The van der Waals surface area contributed by atoms with Crippen molar-refractivity contribution < 1.29 is 14.3 Å². The molecule has 2 aliphatic heterocycles. The van der Waals surface area contributed by atoms with Crippen LogP contribution in [-0.4, -0.2) is 47.0 Å². The first-order valence-electron chi connectivity index (χ1n) is 11.9. The van der Waals surface area contributed by atoms with E-state index in [4.69, 9.17) is 9.73 Å². The predicted molar refractivity (Wildman–Crippen MR) is 142 cm³/mol. The van der Waals surface area contributed by atoms with E-state index in [0.29, 0.717) is 17.8 Å². The van der Waals surface area contributed by atoms with Gasteiger partial charge in [0.25, 0.3) is 0 Å². The number of hydrogen-bond acceptors (Lipinski definition) is 6. The Hall–Kier alpha value is -3.32. The molecule has 0 unspecified atom stereocenters. The van der Waals surface area contributed by atoms with E-state index in [9.17, 15) is 9.59 Å². The van der Waals surface area contributed by atoms with Crippen molar-refractivity contribution in [2.45, 2.75) is 40.2 Å². The number of hydrogen-bond donors (Lipinski definition) is 0. The summed E-state index contributed by atoms with van der Waals surface area (Å²) in [6.07, 6.45) is 0.231. The van der Waals surface area contributed by atoms with E-state index in [1.54, 1.807) is 18.9 Å². The number of rotatable bonds is 7. The van der Waals surface area contributed by atoms with E-state index >= 15 is 0 Å². The topological polar surface area (TPSA) is 62.2 Å². The molecule has 0 bridgehead atoms. The lowest BCUT2D eigenvalue weighted by Crippen LogP contribution is -2.38. The molecule has 1 amide bonds. The molecule has 0 saturated carbocycles. The highest BCUT2D eigenvalue weighted by molar-refractivity contribution is 8.16. The fourth-order valence-electron chi connectivity index (χ4n) is 4.30. The highest BCUT2D eigenvalue weighted by Crippen LogP contribution is 2.47. The first-order chi connectivity index (χ1) is 16.8. The van der Waals surface area contributed by atoms with Gasteiger partial charge in [0.1, 0.15) is 0 Å². The van der Waals surface area contributed by atoms with Gasteiger partial charge < -0.3 is 14.5 Å². The summed E-state index contributed by atoms with van der Waals surface area (Å²) in [6.45, 7) is 8.75. The van der Waals surface area contributed by atoms with Crippen molar-refractivity contribution in [3.8, 4) is 0 Å². The van der Waals surface area contributed by atoms with Crippen LogP contribution in [0.2, 0.25) is 0 Å². The van der Waals surface area contributed by atoms with E-state index in [1.807, 2.05) is 61.4 Å². The minimum atomic E-state index is -0.461. The maximum atomic E-state index is 13.6. The number of ether oxygens (including phenoxy) is 1. The van der Waals surface area contributed by atoms with Crippen LogP contribution >= 0.6 is 11.8 Å². The lowest BCUT2D eigenvalue weighted by atomic mass is 9.88. The monoisotopic (exact) mass is 489 g/mol. The molecule has 0 spiro atoms.